The van der Waals surface area contributed by atoms with Gasteiger partial charge >= 0.3 is 0 Å². The van der Waals surface area contributed by atoms with Gasteiger partial charge in [-0.1, -0.05) is 52.8 Å². The summed E-state index contributed by atoms with van der Waals surface area (Å²) in [4.78, 5) is 16.9. The van der Waals surface area contributed by atoms with Gasteiger partial charge in [0.05, 0.1) is 6.04 Å². The molecular formula is C20H19BrN2OS. The molecule has 2 aromatic carbocycles. The van der Waals surface area contributed by atoms with Crippen molar-refractivity contribution in [2.24, 2.45) is 4.99 Å². The molecule has 25 heavy (non-hydrogen) atoms. The van der Waals surface area contributed by atoms with E-state index in [0.717, 1.165) is 33.1 Å². The molecule has 0 amide bonds. The van der Waals surface area contributed by atoms with Gasteiger partial charge in [-0.3, -0.25) is 9.79 Å². The summed E-state index contributed by atoms with van der Waals surface area (Å²) in [6, 6.07) is 15.8. The van der Waals surface area contributed by atoms with Gasteiger partial charge < -0.3 is 5.32 Å². The van der Waals surface area contributed by atoms with Crippen LogP contribution in [0.25, 0.3) is 6.08 Å². The largest absolute Gasteiger partial charge is 0.335 e. The summed E-state index contributed by atoms with van der Waals surface area (Å²) in [6.07, 6.45) is 4.50. The number of hydrogen-bond donors (Lipinski definition) is 1. The molecule has 3 nitrogen and oxygen atoms in total. The third-order valence-electron chi connectivity index (χ3n) is 3.90. The van der Waals surface area contributed by atoms with E-state index in [2.05, 4.69) is 33.2 Å². The van der Waals surface area contributed by atoms with Crippen LogP contribution in [-0.2, 0) is 0 Å². The Labute approximate surface area is 160 Å². The van der Waals surface area contributed by atoms with Crippen LogP contribution in [-0.4, -0.2) is 22.7 Å². The smallest absolute Gasteiger partial charge is 0.185 e. The van der Waals surface area contributed by atoms with Crippen LogP contribution in [0.2, 0.25) is 0 Å². The Bertz CT molecular complexity index is 797. The van der Waals surface area contributed by atoms with Gasteiger partial charge in [-0.15, -0.1) is 0 Å². The first kappa shape index (κ1) is 18.0. The summed E-state index contributed by atoms with van der Waals surface area (Å²) in [5, 5.41) is 4.27. The zero-order valence-corrected chi connectivity index (χ0v) is 16.3. The summed E-state index contributed by atoms with van der Waals surface area (Å²) in [5.41, 5.74) is 2.62. The molecule has 1 N–H and O–H groups in total. The van der Waals surface area contributed by atoms with Crippen molar-refractivity contribution >= 4 is 50.4 Å². The van der Waals surface area contributed by atoms with Crippen LogP contribution >= 0.6 is 27.7 Å². The molecular weight excluding hydrogens is 396 g/mol. The zero-order valence-electron chi connectivity index (χ0n) is 13.9. The first-order valence-electron chi connectivity index (χ1n) is 8.19. The summed E-state index contributed by atoms with van der Waals surface area (Å²) in [7, 11) is 0. The van der Waals surface area contributed by atoms with Crippen molar-refractivity contribution in [2.75, 3.05) is 11.1 Å². The molecule has 0 saturated heterocycles. The molecule has 0 radical (unpaired) electrons. The van der Waals surface area contributed by atoms with Gasteiger partial charge in [0.2, 0.25) is 0 Å². The molecule has 1 heterocycles. The number of thioether (sulfide) groups is 1. The molecule has 0 spiro atoms. The molecule has 128 valence electrons. The van der Waals surface area contributed by atoms with Crippen LogP contribution in [0.4, 0.5) is 5.69 Å². The Hall–Kier alpha value is -1.85. The van der Waals surface area contributed by atoms with Crippen LogP contribution in [0, 0.1) is 0 Å². The summed E-state index contributed by atoms with van der Waals surface area (Å²) < 4.78 is 1.02. The number of aliphatic imine (C=N–C) groups is 1. The Balaban J connectivity index is 1.61. The number of allylic oxidation sites excluding steroid dienone is 1. The zero-order chi connectivity index (χ0) is 17.6. The molecule has 0 fully saturated rings. The monoisotopic (exact) mass is 414 g/mol. The Morgan fingerprint density at radius 2 is 1.96 bits per heavy atom. The molecule has 0 saturated carbocycles. The number of nitrogens with zero attached hydrogens (tertiary/aromatic N) is 1. The average Bonchev–Trinajstić information content (AvgIpc) is 3.09. The molecule has 1 aliphatic rings. The van der Waals surface area contributed by atoms with Crippen LogP contribution in [0.3, 0.4) is 0 Å². The van der Waals surface area contributed by atoms with Crippen LogP contribution in [0.5, 0.6) is 0 Å². The van der Waals surface area contributed by atoms with Crippen molar-refractivity contribution in [1.29, 1.82) is 0 Å². The number of ketones is 1. The molecule has 1 aliphatic heterocycles. The molecule has 1 unspecified atom stereocenters. The van der Waals surface area contributed by atoms with Crippen molar-refractivity contribution in [3.63, 3.8) is 0 Å². The van der Waals surface area contributed by atoms with E-state index in [4.69, 9.17) is 0 Å². The van der Waals surface area contributed by atoms with Gasteiger partial charge in [-0.25, -0.2) is 0 Å². The van der Waals surface area contributed by atoms with Crippen LogP contribution < -0.4 is 5.32 Å². The Morgan fingerprint density at radius 3 is 2.60 bits per heavy atom. The molecule has 0 bridgehead atoms. The number of halogens is 1. The van der Waals surface area contributed by atoms with Crippen molar-refractivity contribution in [2.45, 2.75) is 19.4 Å². The van der Waals surface area contributed by atoms with E-state index < -0.39 is 0 Å². The maximum absolute atomic E-state index is 12.3. The fraction of sp³-hybridized carbons (Fsp3) is 0.200. The third-order valence-corrected chi connectivity index (χ3v) is 5.46. The quantitative estimate of drug-likeness (QED) is 0.508. The number of anilines is 1. The lowest BCUT2D eigenvalue weighted by atomic mass is 10.1. The minimum absolute atomic E-state index is 0.00639. The van der Waals surface area contributed by atoms with Gasteiger partial charge in [0.15, 0.2) is 11.0 Å². The van der Waals surface area contributed by atoms with Crippen LogP contribution in [0.1, 0.15) is 29.3 Å². The van der Waals surface area contributed by atoms with E-state index in [1.807, 2.05) is 54.6 Å². The number of carbonyl (C=O) groups is 1. The standard InChI is InChI=1S/C20H19BrN2OS/c1-2-17-13-25-20(22-17)23-18-10-6-15(7-11-18)19(24)12-5-14-3-8-16(21)9-4-14/h3-12,17H,2,13H2,1H3,(H,22,23)/b12-5+. The van der Waals surface area contributed by atoms with Crippen molar-refractivity contribution in [3.05, 3.63) is 70.2 Å². The minimum atomic E-state index is -0.00639. The van der Waals surface area contributed by atoms with E-state index in [9.17, 15) is 4.79 Å². The second-order valence-electron chi connectivity index (χ2n) is 5.76. The van der Waals surface area contributed by atoms with Gasteiger partial charge in [0, 0.05) is 21.5 Å². The third kappa shape index (κ3) is 5.06. The number of amidine groups is 1. The average molecular weight is 415 g/mol. The highest BCUT2D eigenvalue weighted by atomic mass is 79.9. The number of carbonyl (C=O) groups excluding carboxylic acids is 1. The maximum atomic E-state index is 12.3. The number of benzene rings is 2. The highest BCUT2D eigenvalue weighted by Crippen LogP contribution is 2.22. The summed E-state index contributed by atoms with van der Waals surface area (Å²) in [5.74, 6) is 1.03. The lowest BCUT2D eigenvalue weighted by molar-refractivity contribution is 0.104. The van der Waals surface area contributed by atoms with E-state index in [0.29, 0.717) is 11.6 Å². The Morgan fingerprint density at radius 1 is 1.24 bits per heavy atom. The molecule has 5 heteroatoms. The fourth-order valence-electron chi connectivity index (χ4n) is 2.38. The molecule has 2 aromatic rings. The van der Waals surface area contributed by atoms with Gasteiger partial charge in [0.1, 0.15) is 0 Å². The van der Waals surface area contributed by atoms with Crippen molar-refractivity contribution in [3.8, 4) is 0 Å². The summed E-state index contributed by atoms with van der Waals surface area (Å²) in [6.45, 7) is 2.15. The molecule has 1 atom stereocenters. The normalized spacial score (nSPS) is 16.9. The second kappa shape index (κ2) is 8.50. The van der Waals surface area contributed by atoms with Gasteiger partial charge in [-0.05, 0) is 54.5 Å². The molecule has 0 aromatic heterocycles. The van der Waals surface area contributed by atoms with Crippen LogP contribution in [0.15, 0.2) is 64.1 Å². The van der Waals surface area contributed by atoms with Crippen molar-refractivity contribution in [1.82, 2.24) is 0 Å². The fourth-order valence-corrected chi connectivity index (χ4v) is 3.71. The highest BCUT2D eigenvalue weighted by Gasteiger charge is 2.16. The SMILES string of the molecule is CCC1CSC(Nc2ccc(C(=O)/C=C/c3ccc(Br)cc3)cc2)=N1. The van der Waals surface area contributed by atoms with Gasteiger partial charge in [-0.2, -0.15) is 0 Å². The lowest BCUT2D eigenvalue weighted by Gasteiger charge is -2.05. The molecule has 0 aliphatic carbocycles. The first-order chi connectivity index (χ1) is 12.1. The second-order valence-corrected chi connectivity index (χ2v) is 7.68. The number of hydrogen-bond acceptors (Lipinski definition) is 4. The minimum Gasteiger partial charge on any atom is -0.335 e. The first-order valence-corrected chi connectivity index (χ1v) is 9.97. The lowest BCUT2D eigenvalue weighted by Crippen LogP contribution is -2.05. The predicted octanol–water partition coefficient (Wildman–Crippen LogP) is 5.64. The van der Waals surface area contributed by atoms with E-state index in [1.165, 1.54) is 0 Å². The molecule has 3 rings (SSSR count). The topological polar surface area (TPSA) is 41.5 Å². The van der Waals surface area contributed by atoms with Gasteiger partial charge in [0.25, 0.3) is 0 Å². The van der Waals surface area contributed by atoms with Crippen molar-refractivity contribution < 1.29 is 4.79 Å². The van der Waals surface area contributed by atoms with E-state index in [1.54, 1.807) is 17.8 Å². The Kier molecular flexibility index (Phi) is 6.10. The number of rotatable bonds is 5. The number of nitrogens with one attached hydrogen (secondary N) is 1. The van der Waals surface area contributed by atoms with E-state index in [-0.39, 0.29) is 5.78 Å². The highest BCUT2D eigenvalue weighted by molar-refractivity contribution is 9.10. The summed E-state index contributed by atoms with van der Waals surface area (Å²) >= 11 is 5.15. The predicted molar refractivity (Wildman–Crippen MR) is 112 cm³/mol. The van der Waals surface area contributed by atoms with E-state index >= 15 is 0 Å². The maximum Gasteiger partial charge on any atom is 0.185 e.